The van der Waals surface area contributed by atoms with Gasteiger partial charge in [0.2, 0.25) is 5.91 Å². The summed E-state index contributed by atoms with van der Waals surface area (Å²) in [6, 6.07) is 1.81. The van der Waals surface area contributed by atoms with Crippen LogP contribution in [0.15, 0.2) is 18.2 Å². The molecule has 1 aromatic rings. The van der Waals surface area contributed by atoms with Gasteiger partial charge in [-0.2, -0.15) is 0 Å². The van der Waals surface area contributed by atoms with Crippen LogP contribution in [0, 0.1) is 11.6 Å². The molecule has 7 heteroatoms. The lowest BCUT2D eigenvalue weighted by Crippen LogP contribution is -2.45. The fraction of sp³-hybridized carbons (Fsp3) is 0.333. The Kier molecular flexibility index (Phi) is 5.23. The van der Waals surface area contributed by atoms with Crippen LogP contribution >= 0.6 is 0 Å². The molecule has 1 aromatic carbocycles. The number of imide groups is 1. The lowest BCUT2D eigenvalue weighted by Gasteiger charge is -2.14. The van der Waals surface area contributed by atoms with Crippen LogP contribution in [-0.2, 0) is 4.79 Å². The molecule has 104 valence electrons. The van der Waals surface area contributed by atoms with Crippen molar-refractivity contribution < 1.29 is 18.4 Å². The van der Waals surface area contributed by atoms with Crippen LogP contribution in [0.5, 0.6) is 0 Å². The zero-order valence-electron chi connectivity index (χ0n) is 10.6. The van der Waals surface area contributed by atoms with Crippen LogP contribution in [0.25, 0.3) is 0 Å². The van der Waals surface area contributed by atoms with Gasteiger partial charge < -0.3 is 10.6 Å². The smallest absolute Gasteiger partial charge is 0.321 e. The molecule has 1 atom stereocenters. The Balaban J connectivity index is 2.58. The molecule has 0 saturated heterocycles. The van der Waals surface area contributed by atoms with Gasteiger partial charge in [0.05, 0.1) is 0 Å². The van der Waals surface area contributed by atoms with Gasteiger partial charge in [-0.1, -0.05) is 0 Å². The molecule has 19 heavy (non-hydrogen) atoms. The standard InChI is InChI=1S/C12H15F2N3O2/c1-3-15-12(19)17-11(18)7(2)16-8-4-5-9(13)10(14)6-8/h4-7,16H,3H2,1-2H3,(H2,15,17,18,19). The summed E-state index contributed by atoms with van der Waals surface area (Å²) in [4.78, 5) is 22.7. The van der Waals surface area contributed by atoms with E-state index in [1.54, 1.807) is 6.92 Å². The van der Waals surface area contributed by atoms with Crippen molar-refractivity contribution in [2.24, 2.45) is 0 Å². The summed E-state index contributed by atoms with van der Waals surface area (Å²) in [5.41, 5.74) is 0.248. The molecule has 0 aliphatic rings. The second kappa shape index (κ2) is 6.67. The fourth-order valence-corrected chi connectivity index (χ4v) is 1.33. The van der Waals surface area contributed by atoms with E-state index in [1.807, 2.05) is 0 Å². The molecule has 5 nitrogen and oxygen atoms in total. The van der Waals surface area contributed by atoms with E-state index in [1.165, 1.54) is 13.0 Å². The molecule has 0 saturated carbocycles. The summed E-state index contributed by atoms with van der Waals surface area (Å²) in [7, 11) is 0. The average molecular weight is 271 g/mol. The van der Waals surface area contributed by atoms with Crippen LogP contribution in [0.4, 0.5) is 19.3 Å². The molecular formula is C12H15F2N3O2. The summed E-state index contributed by atoms with van der Waals surface area (Å²) in [6.45, 7) is 3.60. The van der Waals surface area contributed by atoms with Crippen LogP contribution in [0.1, 0.15) is 13.8 Å². The van der Waals surface area contributed by atoms with Gasteiger partial charge >= 0.3 is 6.03 Å². The van der Waals surface area contributed by atoms with Gasteiger partial charge in [-0.15, -0.1) is 0 Å². The maximum absolute atomic E-state index is 13.0. The van der Waals surface area contributed by atoms with Crippen molar-refractivity contribution in [2.75, 3.05) is 11.9 Å². The van der Waals surface area contributed by atoms with Crippen LogP contribution in [-0.4, -0.2) is 24.5 Å². The number of halogens is 2. The zero-order chi connectivity index (χ0) is 14.4. The number of rotatable bonds is 4. The number of benzene rings is 1. The number of hydrogen-bond acceptors (Lipinski definition) is 3. The molecule has 0 spiro atoms. The minimum Gasteiger partial charge on any atom is -0.374 e. The highest BCUT2D eigenvalue weighted by Crippen LogP contribution is 2.13. The first-order chi connectivity index (χ1) is 8.93. The Bertz CT molecular complexity index is 480. The number of anilines is 1. The van der Waals surface area contributed by atoms with E-state index in [0.29, 0.717) is 6.54 Å². The Labute approximate surface area is 109 Å². The number of urea groups is 1. The molecule has 0 aromatic heterocycles. The van der Waals surface area contributed by atoms with Gasteiger partial charge in [0.25, 0.3) is 0 Å². The van der Waals surface area contributed by atoms with E-state index in [4.69, 9.17) is 0 Å². The summed E-state index contributed by atoms with van der Waals surface area (Å²) in [5.74, 6) is -2.55. The lowest BCUT2D eigenvalue weighted by atomic mass is 10.2. The molecule has 0 bridgehead atoms. The molecule has 0 fully saturated rings. The quantitative estimate of drug-likeness (QED) is 0.779. The maximum atomic E-state index is 13.0. The highest BCUT2D eigenvalue weighted by atomic mass is 19.2. The molecule has 0 radical (unpaired) electrons. The predicted octanol–water partition coefficient (Wildman–Crippen LogP) is 1.61. The molecule has 0 aliphatic carbocycles. The third-order valence-electron chi connectivity index (χ3n) is 2.27. The fourth-order valence-electron chi connectivity index (χ4n) is 1.33. The third kappa shape index (κ3) is 4.53. The Morgan fingerprint density at radius 3 is 2.53 bits per heavy atom. The van der Waals surface area contributed by atoms with Gasteiger partial charge in [0.1, 0.15) is 6.04 Å². The molecule has 0 aliphatic heterocycles. The summed E-state index contributed by atoms with van der Waals surface area (Å²) in [6.07, 6.45) is 0. The predicted molar refractivity (Wildman–Crippen MR) is 66.7 cm³/mol. The second-order valence-corrected chi connectivity index (χ2v) is 3.84. The summed E-state index contributed by atoms with van der Waals surface area (Å²) >= 11 is 0. The van der Waals surface area contributed by atoms with E-state index in [-0.39, 0.29) is 5.69 Å². The van der Waals surface area contributed by atoms with Crippen molar-refractivity contribution >= 4 is 17.6 Å². The second-order valence-electron chi connectivity index (χ2n) is 3.84. The van der Waals surface area contributed by atoms with Gasteiger partial charge in [-0.3, -0.25) is 10.1 Å². The zero-order valence-corrected chi connectivity index (χ0v) is 10.6. The maximum Gasteiger partial charge on any atom is 0.321 e. The van der Waals surface area contributed by atoms with Gasteiger partial charge in [0, 0.05) is 18.3 Å². The largest absolute Gasteiger partial charge is 0.374 e. The minimum atomic E-state index is -1.01. The number of amides is 3. The monoisotopic (exact) mass is 271 g/mol. The van der Waals surface area contributed by atoms with E-state index in [0.717, 1.165) is 12.1 Å². The number of carbonyl (C=O) groups is 2. The first-order valence-corrected chi connectivity index (χ1v) is 5.74. The van der Waals surface area contributed by atoms with Crippen molar-refractivity contribution in [3.8, 4) is 0 Å². The van der Waals surface area contributed by atoms with Gasteiger partial charge in [-0.05, 0) is 26.0 Å². The van der Waals surface area contributed by atoms with Crippen molar-refractivity contribution in [3.05, 3.63) is 29.8 Å². The van der Waals surface area contributed by atoms with Crippen LogP contribution in [0.2, 0.25) is 0 Å². The van der Waals surface area contributed by atoms with Crippen molar-refractivity contribution in [2.45, 2.75) is 19.9 Å². The summed E-state index contributed by atoms with van der Waals surface area (Å²) in [5, 5.41) is 7.17. The molecular weight excluding hydrogens is 256 g/mol. The molecule has 1 rings (SSSR count). The normalized spacial score (nSPS) is 11.6. The van der Waals surface area contributed by atoms with E-state index in [9.17, 15) is 18.4 Å². The third-order valence-corrected chi connectivity index (χ3v) is 2.27. The first-order valence-electron chi connectivity index (χ1n) is 5.74. The summed E-state index contributed by atoms with van der Waals surface area (Å²) < 4.78 is 25.7. The van der Waals surface area contributed by atoms with Crippen LogP contribution in [0.3, 0.4) is 0 Å². The van der Waals surface area contributed by atoms with Gasteiger partial charge in [-0.25, -0.2) is 13.6 Å². The van der Waals surface area contributed by atoms with Crippen molar-refractivity contribution in [3.63, 3.8) is 0 Å². The van der Waals surface area contributed by atoms with E-state index in [2.05, 4.69) is 16.0 Å². The SMILES string of the molecule is CCNC(=O)NC(=O)C(C)Nc1ccc(F)c(F)c1. The van der Waals surface area contributed by atoms with E-state index < -0.39 is 29.6 Å². The Hall–Kier alpha value is -2.18. The average Bonchev–Trinajstić information content (AvgIpc) is 2.34. The van der Waals surface area contributed by atoms with Gasteiger partial charge in [0.15, 0.2) is 11.6 Å². The van der Waals surface area contributed by atoms with Crippen molar-refractivity contribution in [1.82, 2.24) is 10.6 Å². The minimum absolute atomic E-state index is 0.248. The topological polar surface area (TPSA) is 70.2 Å². The molecule has 0 heterocycles. The molecule has 1 unspecified atom stereocenters. The van der Waals surface area contributed by atoms with Crippen molar-refractivity contribution in [1.29, 1.82) is 0 Å². The molecule has 3 N–H and O–H groups in total. The highest BCUT2D eigenvalue weighted by Gasteiger charge is 2.15. The van der Waals surface area contributed by atoms with E-state index >= 15 is 0 Å². The lowest BCUT2D eigenvalue weighted by molar-refractivity contribution is -0.120. The van der Waals surface area contributed by atoms with Crippen LogP contribution < -0.4 is 16.0 Å². The number of hydrogen-bond donors (Lipinski definition) is 3. The first kappa shape index (κ1) is 14.9. The Morgan fingerprint density at radius 2 is 1.95 bits per heavy atom. The number of nitrogens with one attached hydrogen (secondary N) is 3. The number of carbonyl (C=O) groups excluding carboxylic acids is 2. The Morgan fingerprint density at radius 1 is 1.26 bits per heavy atom. The molecule has 3 amide bonds. The highest BCUT2D eigenvalue weighted by molar-refractivity contribution is 5.97.